The van der Waals surface area contributed by atoms with Gasteiger partial charge in [0.15, 0.2) is 0 Å². The number of fused-ring (bicyclic) bond motifs is 1. The third-order valence-corrected chi connectivity index (χ3v) is 7.89. The normalized spacial score (nSPS) is 18.2. The van der Waals surface area contributed by atoms with Crippen LogP contribution in [0.25, 0.3) is 16.5 Å². The Morgan fingerprint density at radius 3 is 2.53 bits per heavy atom. The summed E-state index contributed by atoms with van der Waals surface area (Å²) >= 11 is 0. The van der Waals surface area contributed by atoms with E-state index >= 15 is 0 Å². The molecule has 1 amide bonds. The fraction of sp³-hybridized carbons (Fsp3) is 0.441. The lowest BCUT2D eigenvalue weighted by Gasteiger charge is -2.24. The molecule has 1 aliphatic heterocycles. The molecule has 1 aliphatic rings. The maximum absolute atomic E-state index is 13.1. The van der Waals surface area contributed by atoms with Crippen LogP contribution in [0.2, 0.25) is 0 Å². The highest BCUT2D eigenvalue weighted by Crippen LogP contribution is 2.35. The lowest BCUT2D eigenvalue weighted by molar-refractivity contribution is 0.0305. The Hall–Kier alpha value is -3.27. The summed E-state index contributed by atoms with van der Waals surface area (Å²) < 4.78 is 5.77. The van der Waals surface area contributed by atoms with E-state index in [1.54, 1.807) is 0 Å². The lowest BCUT2D eigenvalue weighted by Crippen LogP contribution is -2.35. The van der Waals surface area contributed by atoms with Gasteiger partial charge in [-0.05, 0) is 110 Å². The average Bonchev–Trinajstić information content (AvgIpc) is 3.52. The van der Waals surface area contributed by atoms with Crippen molar-refractivity contribution in [1.29, 1.82) is 0 Å². The van der Waals surface area contributed by atoms with Gasteiger partial charge >= 0.3 is 6.09 Å². The van der Waals surface area contributed by atoms with Crippen LogP contribution in [0.3, 0.4) is 0 Å². The number of rotatable bonds is 7. The molecule has 4 nitrogen and oxygen atoms in total. The van der Waals surface area contributed by atoms with Crippen LogP contribution in [0.4, 0.5) is 4.79 Å². The molecule has 2 aromatic carbocycles. The van der Waals surface area contributed by atoms with E-state index in [0.29, 0.717) is 24.9 Å². The largest absolute Gasteiger partial charge is 0.444 e. The molecule has 0 bridgehead atoms. The van der Waals surface area contributed by atoms with Crippen molar-refractivity contribution in [2.24, 2.45) is 11.8 Å². The molecule has 0 radical (unpaired) electrons. The minimum Gasteiger partial charge on any atom is -0.444 e. The van der Waals surface area contributed by atoms with Gasteiger partial charge in [-0.2, -0.15) is 0 Å². The van der Waals surface area contributed by atoms with E-state index in [1.165, 1.54) is 44.3 Å². The molecule has 3 aromatic rings. The van der Waals surface area contributed by atoms with Crippen molar-refractivity contribution in [2.45, 2.75) is 73.3 Å². The Morgan fingerprint density at radius 2 is 1.84 bits per heavy atom. The highest BCUT2D eigenvalue weighted by molar-refractivity contribution is 5.80. The molecule has 4 rings (SSSR count). The smallest absolute Gasteiger partial charge is 0.410 e. The molecule has 38 heavy (non-hydrogen) atoms. The number of amides is 1. The minimum absolute atomic E-state index is 0.240. The fourth-order valence-corrected chi connectivity index (χ4v) is 5.74. The molecule has 2 heterocycles. The summed E-state index contributed by atoms with van der Waals surface area (Å²) in [5, 5.41) is 1.26. The number of aromatic amines is 1. The molecule has 1 saturated heterocycles. The average molecular weight is 513 g/mol. The molecule has 0 saturated carbocycles. The number of hydrogen-bond acceptors (Lipinski definition) is 2. The molecule has 4 heteroatoms. The van der Waals surface area contributed by atoms with Gasteiger partial charge in [-0.15, -0.1) is 0 Å². The second-order valence-corrected chi connectivity index (χ2v) is 11.8. The molecule has 0 aliphatic carbocycles. The SMILES string of the molecule is CCC(/C=C1/CN(C(=O)OC(C)(C)C)C/C1=C(/C)c1ccccc1C)C(CC)Cc1ccc2cc[nH]c2c1. The molecule has 1 aromatic heterocycles. The predicted octanol–water partition coefficient (Wildman–Crippen LogP) is 8.72. The van der Waals surface area contributed by atoms with Gasteiger partial charge in [-0.1, -0.05) is 62.7 Å². The summed E-state index contributed by atoms with van der Waals surface area (Å²) in [6, 6.07) is 17.4. The summed E-state index contributed by atoms with van der Waals surface area (Å²) in [5.41, 5.74) is 8.33. The number of carbonyl (C=O) groups is 1. The first kappa shape index (κ1) is 27.8. The third-order valence-electron chi connectivity index (χ3n) is 7.89. The van der Waals surface area contributed by atoms with Gasteiger partial charge in [-0.25, -0.2) is 4.79 Å². The number of likely N-dealkylation sites (tertiary alicyclic amines) is 1. The van der Waals surface area contributed by atoms with Crippen LogP contribution < -0.4 is 0 Å². The van der Waals surface area contributed by atoms with E-state index in [2.05, 4.69) is 87.3 Å². The number of ether oxygens (including phenoxy) is 1. The maximum Gasteiger partial charge on any atom is 0.410 e. The lowest BCUT2D eigenvalue weighted by atomic mass is 9.81. The van der Waals surface area contributed by atoms with Crippen molar-refractivity contribution in [1.82, 2.24) is 9.88 Å². The number of nitrogens with one attached hydrogen (secondary N) is 1. The summed E-state index contributed by atoms with van der Waals surface area (Å²) in [6.45, 7) is 15.9. The predicted molar refractivity (Wildman–Crippen MR) is 159 cm³/mol. The number of H-pyrrole nitrogens is 1. The van der Waals surface area contributed by atoms with Gasteiger partial charge in [0.2, 0.25) is 0 Å². The zero-order valence-electron chi connectivity index (χ0n) is 24.2. The van der Waals surface area contributed by atoms with Crippen molar-refractivity contribution in [3.63, 3.8) is 0 Å². The quantitative estimate of drug-likeness (QED) is 0.344. The van der Waals surface area contributed by atoms with E-state index in [1.807, 2.05) is 31.9 Å². The van der Waals surface area contributed by atoms with Gasteiger partial charge in [-0.3, -0.25) is 4.90 Å². The van der Waals surface area contributed by atoms with Crippen molar-refractivity contribution in [3.8, 4) is 0 Å². The molecule has 2 unspecified atom stereocenters. The zero-order chi connectivity index (χ0) is 27.4. The van der Waals surface area contributed by atoms with Gasteiger partial charge in [0.05, 0.1) is 0 Å². The monoisotopic (exact) mass is 512 g/mol. The van der Waals surface area contributed by atoms with Crippen LogP contribution in [-0.2, 0) is 11.2 Å². The van der Waals surface area contributed by atoms with E-state index in [-0.39, 0.29) is 6.09 Å². The van der Waals surface area contributed by atoms with Crippen molar-refractivity contribution in [2.75, 3.05) is 13.1 Å². The number of aromatic nitrogens is 1. The molecule has 1 N–H and O–H groups in total. The molecule has 0 spiro atoms. The number of allylic oxidation sites excluding steroid dienone is 2. The Kier molecular flexibility index (Phi) is 8.50. The van der Waals surface area contributed by atoms with Crippen LogP contribution >= 0.6 is 0 Å². The number of benzene rings is 2. The second-order valence-electron chi connectivity index (χ2n) is 11.8. The molecule has 2 atom stereocenters. The first-order chi connectivity index (χ1) is 18.1. The van der Waals surface area contributed by atoms with Gasteiger partial charge in [0.1, 0.15) is 5.60 Å². The standard InChI is InChI=1S/C34H44N2O2/c1-8-26(18-25-14-15-28-16-17-35-32(28)19-25)27(9-2)20-29-21-36(33(37)38-34(5,6)7)22-31(29)24(4)30-13-11-10-12-23(30)3/h10-17,19-20,26-27,35H,8-9,18,21-22H2,1-7H3/b29-20-,31-24+. The molecule has 1 fully saturated rings. The van der Waals surface area contributed by atoms with Gasteiger partial charge < -0.3 is 9.72 Å². The van der Waals surface area contributed by atoms with E-state index in [9.17, 15) is 4.79 Å². The van der Waals surface area contributed by atoms with E-state index < -0.39 is 5.60 Å². The Balaban J connectivity index is 1.68. The fourth-order valence-electron chi connectivity index (χ4n) is 5.74. The second kappa shape index (κ2) is 11.6. The maximum atomic E-state index is 13.1. The van der Waals surface area contributed by atoms with Gasteiger partial charge in [0, 0.05) is 24.8 Å². The van der Waals surface area contributed by atoms with E-state index in [4.69, 9.17) is 4.74 Å². The molecular weight excluding hydrogens is 468 g/mol. The van der Waals surface area contributed by atoms with Crippen molar-refractivity contribution >= 4 is 22.6 Å². The van der Waals surface area contributed by atoms with Crippen molar-refractivity contribution in [3.05, 3.63) is 88.6 Å². The first-order valence-corrected chi connectivity index (χ1v) is 14.1. The van der Waals surface area contributed by atoms with Crippen LogP contribution in [-0.4, -0.2) is 34.7 Å². The topological polar surface area (TPSA) is 45.3 Å². The minimum atomic E-state index is -0.516. The van der Waals surface area contributed by atoms with Gasteiger partial charge in [0.25, 0.3) is 0 Å². The Morgan fingerprint density at radius 1 is 1.08 bits per heavy atom. The summed E-state index contributed by atoms with van der Waals surface area (Å²) in [7, 11) is 0. The number of aryl methyl sites for hydroxylation is 1. The van der Waals surface area contributed by atoms with Crippen LogP contribution in [0.1, 0.15) is 71.1 Å². The number of hydrogen-bond donors (Lipinski definition) is 1. The van der Waals surface area contributed by atoms with Crippen LogP contribution in [0.15, 0.2) is 72.0 Å². The zero-order valence-corrected chi connectivity index (χ0v) is 24.2. The summed E-state index contributed by atoms with van der Waals surface area (Å²) in [5.74, 6) is 0.947. The van der Waals surface area contributed by atoms with Crippen molar-refractivity contribution < 1.29 is 9.53 Å². The number of nitrogens with zero attached hydrogens (tertiary/aromatic N) is 1. The number of carbonyl (C=O) groups excluding carboxylic acids is 1. The Bertz CT molecular complexity index is 1340. The molecular formula is C34H44N2O2. The Labute approximate surface area is 228 Å². The van der Waals surface area contributed by atoms with E-state index in [0.717, 1.165) is 19.3 Å². The molecule has 202 valence electrons. The highest BCUT2D eigenvalue weighted by Gasteiger charge is 2.32. The first-order valence-electron chi connectivity index (χ1n) is 14.1. The third kappa shape index (κ3) is 6.40. The van der Waals surface area contributed by atoms with Crippen LogP contribution in [0.5, 0.6) is 0 Å². The summed E-state index contributed by atoms with van der Waals surface area (Å²) in [6.07, 6.45) is 7.45. The van der Waals surface area contributed by atoms with Crippen LogP contribution in [0, 0.1) is 18.8 Å². The summed E-state index contributed by atoms with van der Waals surface area (Å²) in [4.78, 5) is 18.3. The highest BCUT2D eigenvalue weighted by atomic mass is 16.6.